The maximum absolute atomic E-state index is 5.65. The van der Waals surface area contributed by atoms with Gasteiger partial charge in [-0.15, -0.1) is 0 Å². The Morgan fingerprint density at radius 1 is 1.31 bits per heavy atom. The van der Waals surface area contributed by atoms with Crippen LogP contribution in [0, 0.1) is 0 Å². The fourth-order valence-electron chi connectivity index (χ4n) is 1.18. The van der Waals surface area contributed by atoms with Crippen LogP contribution in [0.5, 0.6) is 5.75 Å². The Hall–Kier alpha value is -1.24. The van der Waals surface area contributed by atoms with E-state index in [4.69, 9.17) is 4.74 Å². The van der Waals surface area contributed by atoms with E-state index < -0.39 is 0 Å². The topological polar surface area (TPSA) is 9.23 Å². The molecule has 0 spiro atoms. The largest absolute Gasteiger partial charge is 0.490 e. The van der Waals surface area contributed by atoms with Crippen molar-refractivity contribution in [3.63, 3.8) is 0 Å². The van der Waals surface area contributed by atoms with Crippen LogP contribution in [0.25, 0.3) is 5.57 Å². The summed E-state index contributed by atoms with van der Waals surface area (Å²) >= 11 is 0. The molecule has 0 aromatic heterocycles. The van der Waals surface area contributed by atoms with E-state index in [1.165, 1.54) is 0 Å². The summed E-state index contributed by atoms with van der Waals surface area (Å²) in [5.41, 5.74) is 2.13. The highest BCUT2D eigenvalue weighted by molar-refractivity contribution is 5.66. The van der Waals surface area contributed by atoms with E-state index in [1.54, 1.807) is 0 Å². The van der Waals surface area contributed by atoms with Gasteiger partial charge in [-0.3, -0.25) is 0 Å². The zero-order valence-corrected chi connectivity index (χ0v) is 8.50. The molecule has 1 aromatic carbocycles. The summed E-state index contributed by atoms with van der Waals surface area (Å²) in [4.78, 5) is 0. The Balaban J connectivity index is 2.98. The van der Waals surface area contributed by atoms with Gasteiger partial charge in [0.15, 0.2) is 0 Å². The molecule has 13 heavy (non-hydrogen) atoms. The SMILES string of the molecule is C=C(C)c1ccccc1OC(C)C. The van der Waals surface area contributed by atoms with Crippen molar-refractivity contribution < 1.29 is 4.74 Å². The lowest BCUT2D eigenvalue weighted by Crippen LogP contribution is -2.06. The van der Waals surface area contributed by atoms with Gasteiger partial charge in [0.05, 0.1) is 6.10 Å². The van der Waals surface area contributed by atoms with Gasteiger partial charge in [0, 0.05) is 5.56 Å². The van der Waals surface area contributed by atoms with Crippen LogP contribution >= 0.6 is 0 Å². The van der Waals surface area contributed by atoms with Crippen LogP contribution in [0.2, 0.25) is 0 Å². The quantitative estimate of drug-likeness (QED) is 0.684. The molecule has 0 aliphatic heterocycles. The number of hydrogen-bond acceptors (Lipinski definition) is 1. The summed E-state index contributed by atoms with van der Waals surface area (Å²) in [7, 11) is 0. The standard InChI is InChI=1S/C12H16O/c1-9(2)11-7-5-6-8-12(11)13-10(3)4/h5-8,10H,1H2,2-4H3. The first kappa shape index (κ1) is 9.85. The van der Waals surface area contributed by atoms with Gasteiger partial charge in [-0.1, -0.05) is 24.8 Å². The molecule has 1 nitrogen and oxygen atoms in total. The normalized spacial score (nSPS) is 10.2. The lowest BCUT2D eigenvalue weighted by atomic mass is 10.1. The molecule has 0 amide bonds. The lowest BCUT2D eigenvalue weighted by molar-refractivity contribution is 0.242. The van der Waals surface area contributed by atoms with Gasteiger partial charge in [0.1, 0.15) is 5.75 Å². The van der Waals surface area contributed by atoms with Gasteiger partial charge in [-0.05, 0) is 32.4 Å². The minimum atomic E-state index is 0.209. The third-order valence-corrected chi connectivity index (χ3v) is 1.71. The van der Waals surface area contributed by atoms with E-state index in [9.17, 15) is 0 Å². The number of hydrogen-bond donors (Lipinski definition) is 0. The van der Waals surface area contributed by atoms with Crippen LogP contribution < -0.4 is 4.74 Å². The highest BCUT2D eigenvalue weighted by atomic mass is 16.5. The zero-order valence-electron chi connectivity index (χ0n) is 8.50. The van der Waals surface area contributed by atoms with E-state index in [1.807, 2.05) is 45.0 Å². The summed E-state index contributed by atoms with van der Waals surface area (Å²) in [6.07, 6.45) is 0.209. The average molecular weight is 176 g/mol. The monoisotopic (exact) mass is 176 g/mol. The molecular formula is C12H16O. The molecule has 0 saturated heterocycles. The molecule has 0 atom stereocenters. The van der Waals surface area contributed by atoms with Gasteiger partial charge in [-0.2, -0.15) is 0 Å². The third-order valence-electron chi connectivity index (χ3n) is 1.71. The number of ether oxygens (including phenoxy) is 1. The molecule has 1 aromatic rings. The summed E-state index contributed by atoms with van der Waals surface area (Å²) in [5, 5.41) is 0. The molecule has 1 rings (SSSR count). The average Bonchev–Trinajstić information content (AvgIpc) is 2.03. The predicted molar refractivity (Wildman–Crippen MR) is 56.9 cm³/mol. The van der Waals surface area contributed by atoms with Crippen molar-refractivity contribution in [3.05, 3.63) is 36.4 Å². The van der Waals surface area contributed by atoms with Gasteiger partial charge in [0.25, 0.3) is 0 Å². The van der Waals surface area contributed by atoms with Crippen LogP contribution in [-0.2, 0) is 0 Å². The molecule has 0 aliphatic carbocycles. The van der Waals surface area contributed by atoms with Crippen LogP contribution in [0.4, 0.5) is 0 Å². The van der Waals surface area contributed by atoms with E-state index in [0.29, 0.717) is 0 Å². The smallest absolute Gasteiger partial charge is 0.127 e. The number of rotatable bonds is 3. The Kier molecular flexibility index (Phi) is 3.13. The van der Waals surface area contributed by atoms with E-state index >= 15 is 0 Å². The highest BCUT2D eigenvalue weighted by Crippen LogP contribution is 2.24. The Labute approximate surface area is 80.0 Å². The van der Waals surface area contributed by atoms with Crippen LogP contribution in [0.15, 0.2) is 30.8 Å². The van der Waals surface area contributed by atoms with Gasteiger partial charge in [-0.25, -0.2) is 0 Å². The lowest BCUT2D eigenvalue weighted by Gasteiger charge is -2.13. The van der Waals surface area contributed by atoms with Gasteiger partial charge >= 0.3 is 0 Å². The van der Waals surface area contributed by atoms with Crippen molar-refractivity contribution in [3.8, 4) is 5.75 Å². The third kappa shape index (κ3) is 2.62. The van der Waals surface area contributed by atoms with Crippen molar-refractivity contribution in [1.82, 2.24) is 0 Å². The fraction of sp³-hybridized carbons (Fsp3) is 0.333. The van der Waals surface area contributed by atoms with E-state index in [2.05, 4.69) is 6.58 Å². The van der Waals surface area contributed by atoms with Crippen LogP contribution in [0.3, 0.4) is 0 Å². The molecule has 0 radical (unpaired) electrons. The summed E-state index contributed by atoms with van der Waals surface area (Å²) in [5.74, 6) is 0.921. The number of para-hydroxylation sites is 1. The van der Waals surface area contributed by atoms with Gasteiger partial charge < -0.3 is 4.74 Å². The molecule has 0 heterocycles. The Bertz CT molecular complexity index is 300. The molecule has 0 unspecified atom stereocenters. The predicted octanol–water partition coefficient (Wildman–Crippen LogP) is 3.51. The molecule has 0 N–H and O–H groups in total. The van der Waals surface area contributed by atoms with Gasteiger partial charge in [0.2, 0.25) is 0 Å². The zero-order chi connectivity index (χ0) is 9.84. The molecule has 70 valence electrons. The van der Waals surface area contributed by atoms with Crippen LogP contribution in [-0.4, -0.2) is 6.10 Å². The molecule has 1 heteroatoms. The second kappa shape index (κ2) is 4.13. The number of benzene rings is 1. The second-order valence-corrected chi connectivity index (χ2v) is 3.44. The maximum atomic E-state index is 5.65. The molecule has 0 fully saturated rings. The molecule has 0 bridgehead atoms. The van der Waals surface area contributed by atoms with Crippen molar-refractivity contribution >= 4 is 5.57 Å². The minimum Gasteiger partial charge on any atom is -0.490 e. The summed E-state index contributed by atoms with van der Waals surface area (Å²) < 4.78 is 5.65. The van der Waals surface area contributed by atoms with Crippen molar-refractivity contribution in [2.45, 2.75) is 26.9 Å². The fourth-order valence-corrected chi connectivity index (χ4v) is 1.18. The maximum Gasteiger partial charge on any atom is 0.127 e. The van der Waals surface area contributed by atoms with Crippen molar-refractivity contribution in [2.24, 2.45) is 0 Å². The second-order valence-electron chi connectivity index (χ2n) is 3.44. The molecular weight excluding hydrogens is 160 g/mol. The van der Waals surface area contributed by atoms with Crippen molar-refractivity contribution in [2.75, 3.05) is 0 Å². The Morgan fingerprint density at radius 3 is 2.46 bits per heavy atom. The van der Waals surface area contributed by atoms with E-state index in [-0.39, 0.29) is 6.10 Å². The number of allylic oxidation sites excluding steroid dienone is 1. The van der Waals surface area contributed by atoms with Crippen molar-refractivity contribution in [1.29, 1.82) is 0 Å². The molecule has 0 aliphatic rings. The Morgan fingerprint density at radius 2 is 1.92 bits per heavy atom. The van der Waals surface area contributed by atoms with Crippen LogP contribution in [0.1, 0.15) is 26.3 Å². The first-order valence-corrected chi connectivity index (χ1v) is 4.53. The first-order chi connectivity index (χ1) is 6.11. The molecule has 0 saturated carbocycles. The first-order valence-electron chi connectivity index (χ1n) is 4.53. The summed E-state index contributed by atoms with van der Waals surface area (Å²) in [6, 6.07) is 7.98. The summed E-state index contributed by atoms with van der Waals surface area (Å²) in [6.45, 7) is 9.95. The highest BCUT2D eigenvalue weighted by Gasteiger charge is 2.04. The minimum absolute atomic E-state index is 0.209. The van der Waals surface area contributed by atoms with E-state index in [0.717, 1.165) is 16.9 Å².